The lowest BCUT2D eigenvalue weighted by atomic mass is 10.1. The van der Waals surface area contributed by atoms with E-state index >= 15 is 0 Å². The molecule has 3 heterocycles. The molecule has 0 unspecified atom stereocenters. The minimum atomic E-state index is -0.325. The fourth-order valence-corrected chi connectivity index (χ4v) is 3.24. The monoisotopic (exact) mass is 363 g/mol. The Balaban J connectivity index is 1.91. The van der Waals surface area contributed by atoms with Gasteiger partial charge in [0.2, 0.25) is 0 Å². The summed E-state index contributed by atoms with van der Waals surface area (Å²) in [4.78, 5) is 23.5. The van der Waals surface area contributed by atoms with Crippen LogP contribution in [0, 0.1) is 0 Å². The lowest BCUT2D eigenvalue weighted by Gasteiger charge is -2.16. The summed E-state index contributed by atoms with van der Waals surface area (Å²) in [6, 6.07) is 9.82. The molecular weight excluding hydrogens is 342 g/mol. The van der Waals surface area contributed by atoms with Crippen molar-refractivity contribution >= 4 is 0 Å². The Morgan fingerprint density at radius 1 is 1.19 bits per heavy atom. The molecule has 0 bridgehead atoms. The molecule has 4 aromatic rings. The van der Waals surface area contributed by atoms with Crippen molar-refractivity contribution in [3.63, 3.8) is 0 Å². The Hall–Kier alpha value is -3.42. The van der Waals surface area contributed by atoms with Gasteiger partial charge in [-0.25, -0.2) is 19.9 Å². The first-order valence-corrected chi connectivity index (χ1v) is 8.97. The topological polar surface area (TPSA) is 97.2 Å². The summed E-state index contributed by atoms with van der Waals surface area (Å²) in [6.07, 6.45) is 6.56. The van der Waals surface area contributed by atoms with Crippen molar-refractivity contribution in [2.75, 3.05) is 0 Å². The molecule has 0 saturated heterocycles. The molecule has 0 aliphatic rings. The SMILES string of the molecule is CCCn1ccnc1-c1c(-c2ccccc2)ncn1[C@H](C)c1n[nH]c(=O)[nH]1. The summed E-state index contributed by atoms with van der Waals surface area (Å²) >= 11 is 0. The Morgan fingerprint density at radius 3 is 2.70 bits per heavy atom. The van der Waals surface area contributed by atoms with E-state index in [1.54, 1.807) is 12.5 Å². The number of hydrogen-bond donors (Lipinski definition) is 2. The molecule has 0 aliphatic carbocycles. The number of benzene rings is 1. The fraction of sp³-hybridized carbons (Fsp3) is 0.263. The van der Waals surface area contributed by atoms with Crippen molar-refractivity contribution in [2.24, 2.45) is 0 Å². The minimum Gasteiger partial charge on any atom is -0.330 e. The molecule has 0 spiro atoms. The van der Waals surface area contributed by atoms with Gasteiger partial charge in [0, 0.05) is 24.5 Å². The average Bonchev–Trinajstić information content (AvgIpc) is 3.41. The number of nitrogens with one attached hydrogen (secondary N) is 2. The van der Waals surface area contributed by atoms with Crippen molar-refractivity contribution in [3.8, 4) is 22.8 Å². The van der Waals surface area contributed by atoms with Gasteiger partial charge >= 0.3 is 5.69 Å². The number of rotatable bonds is 6. The summed E-state index contributed by atoms with van der Waals surface area (Å²) in [5, 5.41) is 6.51. The minimum absolute atomic E-state index is 0.212. The summed E-state index contributed by atoms with van der Waals surface area (Å²) in [5.41, 5.74) is 2.44. The first-order valence-electron chi connectivity index (χ1n) is 8.97. The molecule has 4 rings (SSSR count). The molecule has 8 nitrogen and oxygen atoms in total. The van der Waals surface area contributed by atoms with Crippen molar-refractivity contribution < 1.29 is 0 Å². The van der Waals surface area contributed by atoms with Crippen LogP contribution in [0.2, 0.25) is 0 Å². The van der Waals surface area contributed by atoms with Gasteiger partial charge in [0.15, 0.2) is 11.6 Å². The first-order chi connectivity index (χ1) is 13.2. The molecule has 0 amide bonds. The van der Waals surface area contributed by atoms with Crippen molar-refractivity contribution in [1.29, 1.82) is 0 Å². The number of H-pyrrole nitrogens is 2. The summed E-state index contributed by atoms with van der Waals surface area (Å²) in [6.45, 7) is 4.97. The van der Waals surface area contributed by atoms with Crippen LogP contribution in [0.25, 0.3) is 22.8 Å². The maximum absolute atomic E-state index is 11.5. The van der Waals surface area contributed by atoms with E-state index in [9.17, 15) is 4.79 Å². The maximum Gasteiger partial charge on any atom is 0.340 e. The summed E-state index contributed by atoms with van der Waals surface area (Å²) in [5.74, 6) is 1.39. The third-order valence-corrected chi connectivity index (χ3v) is 4.57. The van der Waals surface area contributed by atoms with Gasteiger partial charge in [-0.1, -0.05) is 37.3 Å². The van der Waals surface area contributed by atoms with Crippen LogP contribution in [0.1, 0.15) is 32.1 Å². The molecule has 27 heavy (non-hydrogen) atoms. The second-order valence-corrected chi connectivity index (χ2v) is 6.40. The molecule has 1 atom stereocenters. The fourth-order valence-electron chi connectivity index (χ4n) is 3.24. The highest BCUT2D eigenvalue weighted by Crippen LogP contribution is 2.33. The van der Waals surface area contributed by atoms with Crippen molar-refractivity contribution in [3.05, 3.63) is 65.4 Å². The van der Waals surface area contributed by atoms with Crippen LogP contribution in [0.5, 0.6) is 0 Å². The maximum atomic E-state index is 11.5. The van der Waals surface area contributed by atoms with Gasteiger partial charge in [-0.05, 0) is 13.3 Å². The van der Waals surface area contributed by atoms with E-state index in [0.29, 0.717) is 5.82 Å². The van der Waals surface area contributed by atoms with Crippen LogP contribution in [-0.2, 0) is 6.54 Å². The van der Waals surface area contributed by atoms with E-state index < -0.39 is 0 Å². The number of nitrogens with zero attached hydrogens (tertiary/aromatic N) is 5. The smallest absolute Gasteiger partial charge is 0.330 e. The average molecular weight is 363 g/mol. The van der Waals surface area contributed by atoms with Gasteiger partial charge in [-0.3, -0.25) is 4.98 Å². The van der Waals surface area contributed by atoms with Crippen molar-refractivity contribution in [1.82, 2.24) is 34.3 Å². The molecule has 8 heteroatoms. The quantitative estimate of drug-likeness (QED) is 0.550. The third-order valence-electron chi connectivity index (χ3n) is 4.57. The zero-order chi connectivity index (χ0) is 18.8. The van der Waals surface area contributed by atoms with Crippen LogP contribution in [0.3, 0.4) is 0 Å². The highest BCUT2D eigenvalue weighted by atomic mass is 16.1. The molecule has 1 aromatic carbocycles. The van der Waals surface area contributed by atoms with Crippen LogP contribution < -0.4 is 5.69 Å². The van der Waals surface area contributed by atoms with E-state index in [1.165, 1.54) is 0 Å². The molecule has 0 radical (unpaired) electrons. The van der Waals surface area contributed by atoms with E-state index in [-0.39, 0.29) is 11.7 Å². The number of aromatic nitrogens is 7. The number of imidazole rings is 2. The van der Waals surface area contributed by atoms with E-state index in [2.05, 4.69) is 36.6 Å². The molecule has 3 aromatic heterocycles. The van der Waals surface area contributed by atoms with E-state index in [1.807, 2.05) is 48.0 Å². The summed E-state index contributed by atoms with van der Waals surface area (Å²) < 4.78 is 4.13. The second-order valence-electron chi connectivity index (χ2n) is 6.40. The highest BCUT2D eigenvalue weighted by molar-refractivity contribution is 5.75. The van der Waals surface area contributed by atoms with Crippen LogP contribution in [0.15, 0.2) is 53.8 Å². The Morgan fingerprint density at radius 2 is 2.00 bits per heavy atom. The second kappa shape index (κ2) is 7.06. The normalized spacial score (nSPS) is 12.4. The van der Waals surface area contributed by atoms with Gasteiger partial charge in [0.05, 0.1) is 18.1 Å². The Labute approximate surface area is 155 Å². The zero-order valence-corrected chi connectivity index (χ0v) is 15.3. The van der Waals surface area contributed by atoms with E-state index in [4.69, 9.17) is 0 Å². The number of aryl methyl sites for hydroxylation is 1. The standard InChI is InChI=1S/C19H21N7O/c1-3-10-25-11-9-20-18(25)16-15(14-7-5-4-6-8-14)21-12-26(16)13(2)17-22-19(27)24-23-17/h4-9,11-13H,3,10H2,1-2H3,(H2,22,23,24,27)/t13-/m1/s1. The Bertz CT molecular complexity index is 1090. The molecule has 0 aliphatic heterocycles. The lowest BCUT2D eigenvalue weighted by molar-refractivity contribution is 0.599. The first kappa shape index (κ1) is 17.0. The van der Waals surface area contributed by atoms with E-state index in [0.717, 1.165) is 35.7 Å². The van der Waals surface area contributed by atoms with Crippen molar-refractivity contribution in [2.45, 2.75) is 32.9 Å². The van der Waals surface area contributed by atoms with Gasteiger partial charge in [-0.15, -0.1) is 0 Å². The molecule has 138 valence electrons. The number of hydrogen-bond acceptors (Lipinski definition) is 4. The lowest BCUT2D eigenvalue weighted by Crippen LogP contribution is -2.12. The zero-order valence-electron chi connectivity index (χ0n) is 15.3. The van der Waals surface area contributed by atoms with Gasteiger partial charge in [0.25, 0.3) is 0 Å². The van der Waals surface area contributed by atoms with Gasteiger partial charge < -0.3 is 9.13 Å². The van der Waals surface area contributed by atoms with Crippen LogP contribution in [0.4, 0.5) is 0 Å². The third kappa shape index (κ3) is 3.10. The predicted octanol–water partition coefficient (Wildman–Crippen LogP) is 2.84. The molecule has 0 fully saturated rings. The van der Waals surface area contributed by atoms with Gasteiger partial charge in [-0.2, -0.15) is 5.10 Å². The molecular formula is C19H21N7O. The molecule has 2 N–H and O–H groups in total. The Kier molecular flexibility index (Phi) is 4.45. The summed E-state index contributed by atoms with van der Waals surface area (Å²) in [7, 11) is 0. The largest absolute Gasteiger partial charge is 0.340 e. The molecule has 0 saturated carbocycles. The van der Waals surface area contributed by atoms with Crippen LogP contribution >= 0.6 is 0 Å². The predicted molar refractivity (Wildman–Crippen MR) is 102 cm³/mol. The van der Waals surface area contributed by atoms with Gasteiger partial charge in [0.1, 0.15) is 5.69 Å². The number of aromatic amines is 2. The highest BCUT2D eigenvalue weighted by Gasteiger charge is 2.23. The van der Waals surface area contributed by atoms with Crippen LogP contribution in [-0.4, -0.2) is 34.3 Å².